The van der Waals surface area contributed by atoms with Gasteiger partial charge in [0.2, 0.25) is 0 Å². The topological polar surface area (TPSA) is 35.5 Å². The Morgan fingerprint density at radius 3 is 2.58 bits per heavy atom. The van der Waals surface area contributed by atoms with Crippen LogP contribution in [0.25, 0.3) is 0 Å². The number of carbonyl (C=O) groups is 1. The van der Waals surface area contributed by atoms with E-state index in [-0.39, 0.29) is 5.78 Å². The van der Waals surface area contributed by atoms with Crippen molar-refractivity contribution < 1.29 is 14.3 Å². The predicted octanol–water partition coefficient (Wildman–Crippen LogP) is 3.30. The maximum absolute atomic E-state index is 12.5. The van der Waals surface area contributed by atoms with E-state index in [4.69, 9.17) is 32.7 Å². The molecule has 3 nitrogen and oxygen atoms in total. The number of rotatable bonds is 4. The SMILES string of the molecule is COC1(C(=O)Cc2ccc(Cl)c(Cl)c2)CCOCC1. The summed E-state index contributed by atoms with van der Waals surface area (Å²) in [5.74, 6) is 0.0664. The molecule has 1 fully saturated rings. The number of ether oxygens (including phenoxy) is 2. The van der Waals surface area contributed by atoms with E-state index in [1.807, 2.05) is 6.07 Å². The predicted molar refractivity (Wildman–Crippen MR) is 75.0 cm³/mol. The van der Waals surface area contributed by atoms with E-state index in [0.29, 0.717) is 42.5 Å². The minimum Gasteiger partial charge on any atom is -0.381 e. The molecule has 104 valence electrons. The minimum absolute atomic E-state index is 0.0664. The van der Waals surface area contributed by atoms with Crippen molar-refractivity contribution in [3.63, 3.8) is 0 Å². The van der Waals surface area contributed by atoms with Gasteiger partial charge in [-0.05, 0) is 17.7 Å². The number of methoxy groups -OCH3 is 1. The van der Waals surface area contributed by atoms with Crippen LogP contribution in [-0.4, -0.2) is 31.7 Å². The molecular formula is C14H16Cl2O3. The summed E-state index contributed by atoms with van der Waals surface area (Å²) in [5, 5.41) is 0.954. The highest BCUT2D eigenvalue weighted by Crippen LogP contribution is 2.28. The minimum atomic E-state index is -0.718. The fourth-order valence-electron chi connectivity index (χ4n) is 2.29. The summed E-state index contributed by atoms with van der Waals surface area (Å²) in [6.07, 6.45) is 1.50. The summed E-state index contributed by atoms with van der Waals surface area (Å²) in [5.41, 5.74) is 0.131. The Hall–Kier alpha value is -0.610. The zero-order valence-corrected chi connectivity index (χ0v) is 12.3. The molecule has 1 aliphatic heterocycles. The molecule has 1 aromatic carbocycles. The van der Waals surface area contributed by atoms with Gasteiger partial charge in [-0.3, -0.25) is 4.79 Å². The first-order valence-electron chi connectivity index (χ1n) is 6.17. The number of benzene rings is 1. The largest absolute Gasteiger partial charge is 0.381 e. The van der Waals surface area contributed by atoms with E-state index in [1.165, 1.54) is 0 Å². The van der Waals surface area contributed by atoms with Crippen LogP contribution in [0.5, 0.6) is 0 Å². The average molecular weight is 303 g/mol. The third-order valence-electron chi connectivity index (χ3n) is 3.55. The molecule has 19 heavy (non-hydrogen) atoms. The molecule has 0 aliphatic carbocycles. The Morgan fingerprint density at radius 2 is 2.00 bits per heavy atom. The van der Waals surface area contributed by atoms with Crippen LogP contribution in [0.3, 0.4) is 0 Å². The Kier molecular flexibility index (Phi) is 4.85. The summed E-state index contributed by atoms with van der Waals surface area (Å²) in [7, 11) is 1.58. The van der Waals surface area contributed by atoms with E-state index >= 15 is 0 Å². The molecule has 0 bridgehead atoms. The lowest BCUT2D eigenvalue weighted by Crippen LogP contribution is -2.46. The second-order valence-corrected chi connectivity index (χ2v) is 5.47. The van der Waals surface area contributed by atoms with Crippen molar-refractivity contribution >= 4 is 29.0 Å². The maximum atomic E-state index is 12.5. The van der Waals surface area contributed by atoms with Crippen LogP contribution >= 0.6 is 23.2 Å². The van der Waals surface area contributed by atoms with Crippen molar-refractivity contribution in [2.24, 2.45) is 0 Å². The van der Waals surface area contributed by atoms with Crippen LogP contribution in [0.1, 0.15) is 18.4 Å². The molecule has 1 aromatic rings. The fourth-order valence-corrected chi connectivity index (χ4v) is 2.61. The zero-order valence-electron chi connectivity index (χ0n) is 10.7. The standard InChI is InChI=1S/C14H16Cl2O3/c1-18-14(4-6-19-7-5-14)13(17)9-10-2-3-11(15)12(16)8-10/h2-3,8H,4-7,9H2,1H3. The second kappa shape index (κ2) is 6.23. The third-order valence-corrected chi connectivity index (χ3v) is 4.29. The molecule has 1 saturated heterocycles. The smallest absolute Gasteiger partial charge is 0.169 e. The monoisotopic (exact) mass is 302 g/mol. The molecule has 1 heterocycles. The quantitative estimate of drug-likeness (QED) is 0.856. The van der Waals surface area contributed by atoms with Gasteiger partial charge in [-0.2, -0.15) is 0 Å². The summed E-state index contributed by atoms with van der Waals surface area (Å²) in [6, 6.07) is 5.25. The van der Waals surface area contributed by atoms with Crippen LogP contribution in [0.4, 0.5) is 0 Å². The summed E-state index contributed by atoms with van der Waals surface area (Å²) >= 11 is 11.8. The number of hydrogen-bond acceptors (Lipinski definition) is 3. The molecule has 0 amide bonds. The number of ketones is 1. The van der Waals surface area contributed by atoms with Crippen LogP contribution in [0, 0.1) is 0 Å². The molecule has 0 spiro atoms. The number of halogens is 2. The molecule has 0 radical (unpaired) electrons. The van der Waals surface area contributed by atoms with Gasteiger partial charge in [0.05, 0.1) is 10.0 Å². The van der Waals surface area contributed by atoms with Gasteiger partial charge < -0.3 is 9.47 Å². The van der Waals surface area contributed by atoms with E-state index < -0.39 is 5.60 Å². The van der Waals surface area contributed by atoms with Gasteiger partial charge in [0, 0.05) is 39.6 Å². The normalized spacial score (nSPS) is 18.3. The Bertz CT molecular complexity index is 468. The molecule has 0 saturated carbocycles. The summed E-state index contributed by atoms with van der Waals surface area (Å²) in [4.78, 5) is 12.5. The van der Waals surface area contributed by atoms with Gasteiger partial charge in [0.15, 0.2) is 5.78 Å². The van der Waals surface area contributed by atoms with Crippen molar-refractivity contribution in [3.8, 4) is 0 Å². The number of Topliss-reactive ketones (excluding diaryl/α,β-unsaturated/α-hetero) is 1. The molecular weight excluding hydrogens is 287 g/mol. The highest BCUT2D eigenvalue weighted by atomic mass is 35.5. The Morgan fingerprint density at radius 1 is 1.32 bits per heavy atom. The summed E-state index contributed by atoms with van der Waals surface area (Å²) < 4.78 is 10.8. The number of hydrogen-bond donors (Lipinski definition) is 0. The van der Waals surface area contributed by atoms with Gasteiger partial charge in [-0.25, -0.2) is 0 Å². The molecule has 1 aliphatic rings. The lowest BCUT2D eigenvalue weighted by molar-refractivity contribution is -0.151. The molecule has 5 heteroatoms. The lowest BCUT2D eigenvalue weighted by atomic mass is 9.86. The van der Waals surface area contributed by atoms with Gasteiger partial charge in [0.25, 0.3) is 0 Å². The lowest BCUT2D eigenvalue weighted by Gasteiger charge is -2.34. The maximum Gasteiger partial charge on any atom is 0.169 e. The van der Waals surface area contributed by atoms with Crippen LogP contribution < -0.4 is 0 Å². The van der Waals surface area contributed by atoms with E-state index in [0.717, 1.165) is 5.56 Å². The van der Waals surface area contributed by atoms with Crippen molar-refractivity contribution in [1.82, 2.24) is 0 Å². The van der Waals surface area contributed by atoms with Gasteiger partial charge >= 0.3 is 0 Å². The third kappa shape index (κ3) is 3.29. The van der Waals surface area contributed by atoms with Crippen LogP contribution in [0.2, 0.25) is 10.0 Å². The highest BCUT2D eigenvalue weighted by Gasteiger charge is 2.39. The first-order valence-corrected chi connectivity index (χ1v) is 6.93. The molecule has 0 atom stereocenters. The highest BCUT2D eigenvalue weighted by molar-refractivity contribution is 6.42. The van der Waals surface area contributed by atoms with Gasteiger partial charge in [-0.15, -0.1) is 0 Å². The number of carbonyl (C=O) groups excluding carboxylic acids is 1. The zero-order chi connectivity index (χ0) is 13.9. The summed E-state index contributed by atoms with van der Waals surface area (Å²) in [6.45, 7) is 1.11. The van der Waals surface area contributed by atoms with E-state index in [2.05, 4.69) is 0 Å². The Balaban J connectivity index is 2.12. The fraction of sp³-hybridized carbons (Fsp3) is 0.500. The second-order valence-electron chi connectivity index (χ2n) is 4.66. The van der Waals surface area contributed by atoms with E-state index in [9.17, 15) is 4.79 Å². The van der Waals surface area contributed by atoms with Gasteiger partial charge in [0.1, 0.15) is 5.60 Å². The molecule has 0 unspecified atom stereocenters. The van der Waals surface area contributed by atoms with Crippen molar-refractivity contribution in [2.45, 2.75) is 24.9 Å². The average Bonchev–Trinajstić information content (AvgIpc) is 2.43. The molecule has 2 rings (SSSR count). The van der Waals surface area contributed by atoms with Crippen molar-refractivity contribution in [1.29, 1.82) is 0 Å². The first kappa shape index (κ1) is 14.8. The molecule has 0 N–H and O–H groups in total. The molecule has 0 aromatic heterocycles. The Labute approximate surface area is 122 Å². The van der Waals surface area contributed by atoms with Crippen molar-refractivity contribution in [2.75, 3.05) is 20.3 Å². The van der Waals surface area contributed by atoms with Gasteiger partial charge in [-0.1, -0.05) is 29.3 Å². The first-order chi connectivity index (χ1) is 9.07. The van der Waals surface area contributed by atoms with Crippen molar-refractivity contribution in [3.05, 3.63) is 33.8 Å². The van der Waals surface area contributed by atoms with Crippen LogP contribution in [-0.2, 0) is 20.7 Å². The van der Waals surface area contributed by atoms with Crippen LogP contribution in [0.15, 0.2) is 18.2 Å². The van der Waals surface area contributed by atoms with E-state index in [1.54, 1.807) is 19.2 Å².